The minimum absolute atomic E-state index is 0.100. The molecule has 1 aromatic carbocycles. The van der Waals surface area contributed by atoms with Crippen LogP contribution in [0.4, 0.5) is 0 Å². The lowest BCUT2D eigenvalue weighted by Gasteiger charge is -2.09. The maximum absolute atomic E-state index is 12.5. The lowest BCUT2D eigenvalue weighted by atomic mass is 10.2. The zero-order chi connectivity index (χ0) is 16.2. The maximum Gasteiger partial charge on any atom is 0.244 e. The van der Waals surface area contributed by atoms with E-state index in [0.717, 1.165) is 6.42 Å². The highest BCUT2D eigenvalue weighted by Crippen LogP contribution is 2.25. The monoisotopic (exact) mass is 324 g/mol. The Balaban J connectivity index is 2.17. The van der Waals surface area contributed by atoms with Crippen molar-refractivity contribution < 1.29 is 17.7 Å². The van der Waals surface area contributed by atoms with Crippen molar-refractivity contribution in [1.82, 2.24) is 10.1 Å². The lowest BCUT2D eigenvalue weighted by molar-refractivity contribution is 0.371. The van der Waals surface area contributed by atoms with Gasteiger partial charge in [0.15, 0.2) is 15.7 Å². The fourth-order valence-corrected chi connectivity index (χ4v) is 3.33. The summed E-state index contributed by atoms with van der Waals surface area (Å²) in [6, 6.07) is 7.00. The average Bonchev–Trinajstić information content (AvgIpc) is 2.95. The van der Waals surface area contributed by atoms with E-state index < -0.39 is 15.1 Å². The smallest absolute Gasteiger partial charge is 0.244 e. The molecule has 1 heterocycles. The van der Waals surface area contributed by atoms with Gasteiger partial charge in [-0.2, -0.15) is 4.98 Å². The summed E-state index contributed by atoms with van der Waals surface area (Å²) < 4.78 is 35.2. The highest BCUT2D eigenvalue weighted by atomic mass is 32.2. The quantitative estimate of drug-likeness (QED) is 0.779. The minimum atomic E-state index is -3.44. The number of ether oxygens (including phenoxy) is 1. The van der Waals surface area contributed by atoms with E-state index in [2.05, 4.69) is 10.1 Å². The minimum Gasteiger partial charge on any atom is -0.497 e. The Morgan fingerprint density at radius 1 is 1.36 bits per heavy atom. The Morgan fingerprint density at radius 2 is 2.14 bits per heavy atom. The van der Waals surface area contributed by atoms with Crippen molar-refractivity contribution in [2.24, 2.45) is 0 Å². The van der Waals surface area contributed by atoms with Crippen LogP contribution in [0.15, 0.2) is 28.8 Å². The number of sulfone groups is 1. The highest BCUT2D eigenvalue weighted by Gasteiger charge is 2.28. The van der Waals surface area contributed by atoms with Crippen molar-refractivity contribution in [2.45, 2.75) is 37.7 Å². The predicted molar refractivity (Wildman–Crippen MR) is 82.3 cm³/mol. The van der Waals surface area contributed by atoms with Crippen LogP contribution in [0, 0.1) is 0 Å². The van der Waals surface area contributed by atoms with E-state index in [4.69, 9.17) is 9.26 Å². The van der Waals surface area contributed by atoms with Crippen LogP contribution < -0.4 is 4.74 Å². The highest BCUT2D eigenvalue weighted by molar-refractivity contribution is 7.90. The molecule has 120 valence electrons. The largest absolute Gasteiger partial charge is 0.497 e. The third-order valence-corrected chi connectivity index (χ3v) is 5.36. The van der Waals surface area contributed by atoms with Gasteiger partial charge in [-0.05, 0) is 31.0 Å². The predicted octanol–water partition coefficient (Wildman–Crippen LogP) is 2.71. The van der Waals surface area contributed by atoms with Gasteiger partial charge in [0.25, 0.3) is 0 Å². The van der Waals surface area contributed by atoms with Gasteiger partial charge in [0.1, 0.15) is 11.0 Å². The molecule has 22 heavy (non-hydrogen) atoms. The molecule has 1 aromatic heterocycles. The third kappa shape index (κ3) is 3.85. The first-order valence-electron chi connectivity index (χ1n) is 7.13. The first-order chi connectivity index (χ1) is 10.5. The molecule has 6 nitrogen and oxygen atoms in total. The summed E-state index contributed by atoms with van der Waals surface area (Å²) >= 11 is 0. The van der Waals surface area contributed by atoms with E-state index >= 15 is 0 Å². The first kappa shape index (κ1) is 16.5. The summed E-state index contributed by atoms with van der Waals surface area (Å²) in [5.41, 5.74) is 0.666. The Labute approximate surface area is 130 Å². The van der Waals surface area contributed by atoms with Crippen LogP contribution in [-0.2, 0) is 22.0 Å². The molecule has 2 rings (SSSR count). The van der Waals surface area contributed by atoms with Gasteiger partial charge in [0.05, 0.1) is 12.9 Å². The number of aryl methyl sites for hydroxylation is 1. The number of aromatic nitrogens is 2. The summed E-state index contributed by atoms with van der Waals surface area (Å²) in [6.07, 6.45) is 1.55. The topological polar surface area (TPSA) is 82.3 Å². The Hall–Kier alpha value is -1.89. The standard InChI is InChI=1S/C15H20N2O4S/c1-4-6-14-16-15(21-17-14)11(2)22(18,19)10-12-7-5-8-13(9-12)20-3/h5,7-9,11H,4,6,10H2,1-3H3/t11-/m1/s1. The number of benzene rings is 1. The number of methoxy groups -OCH3 is 1. The van der Waals surface area contributed by atoms with Gasteiger partial charge < -0.3 is 9.26 Å². The molecule has 1 atom stereocenters. The molecule has 0 aliphatic heterocycles. The molecule has 0 saturated heterocycles. The van der Waals surface area contributed by atoms with Crippen molar-refractivity contribution in [1.29, 1.82) is 0 Å². The molecule has 0 bridgehead atoms. The van der Waals surface area contributed by atoms with E-state index in [0.29, 0.717) is 23.6 Å². The van der Waals surface area contributed by atoms with E-state index in [-0.39, 0.29) is 11.6 Å². The summed E-state index contributed by atoms with van der Waals surface area (Å²) in [7, 11) is -1.90. The first-order valence-corrected chi connectivity index (χ1v) is 8.84. The van der Waals surface area contributed by atoms with Crippen LogP contribution in [0.3, 0.4) is 0 Å². The Bertz CT molecular complexity index is 725. The number of nitrogens with zero attached hydrogens (tertiary/aromatic N) is 2. The Morgan fingerprint density at radius 3 is 2.82 bits per heavy atom. The molecular formula is C15H20N2O4S. The zero-order valence-electron chi connectivity index (χ0n) is 12.9. The van der Waals surface area contributed by atoms with E-state index in [1.807, 2.05) is 6.92 Å². The molecular weight excluding hydrogens is 304 g/mol. The molecule has 7 heteroatoms. The van der Waals surface area contributed by atoms with Crippen molar-refractivity contribution in [3.8, 4) is 5.75 Å². The average molecular weight is 324 g/mol. The molecule has 0 aliphatic rings. The van der Waals surface area contributed by atoms with Crippen molar-refractivity contribution >= 4 is 9.84 Å². The van der Waals surface area contributed by atoms with Crippen LogP contribution in [0.5, 0.6) is 5.75 Å². The second-order valence-corrected chi connectivity index (χ2v) is 7.42. The van der Waals surface area contributed by atoms with Gasteiger partial charge in [-0.1, -0.05) is 24.2 Å². The normalized spacial score (nSPS) is 13.0. The second kappa shape index (κ2) is 6.91. The fourth-order valence-electron chi connectivity index (χ4n) is 2.03. The Kier molecular flexibility index (Phi) is 5.18. The van der Waals surface area contributed by atoms with E-state index in [9.17, 15) is 8.42 Å². The SMILES string of the molecule is CCCc1noc([C@@H](C)S(=O)(=O)Cc2cccc(OC)c2)n1. The second-order valence-electron chi connectivity index (χ2n) is 5.10. The molecule has 0 aliphatic carbocycles. The van der Waals surface area contributed by atoms with Gasteiger partial charge in [-0.3, -0.25) is 0 Å². The van der Waals surface area contributed by atoms with Gasteiger partial charge in [-0.25, -0.2) is 8.42 Å². The molecule has 0 saturated carbocycles. The van der Waals surface area contributed by atoms with Crippen LogP contribution in [0.1, 0.15) is 42.8 Å². The molecule has 0 unspecified atom stereocenters. The molecule has 2 aromatic rings. The lowest BCUT2D eigenvalue weighted by Crippen LogP contribution is -2.13. The van der Waals surface area contributed by atoms with Gasteiger partial charge >= 0.3 is 0 Å². The van der Waals surface area contributed by atoms with E-state index in [1.54, 1.807) is 38.3 Å². The third-order valence-electron chi connectivity index (χ3n) is 3.35. The van der Waals surface area contributed by atoms with Crippen LogP contribution >= 0.6 is 0 Å². The van der Waals surface area contributed by atoms with Crippen molar-refractivity contribution in [3.63, 3.8) is 0 Å². The van der Waals surface area contributed by atoms with Crippen molar-refractivity contribution in [2.75, 3.05) is 7.11 Å². The molecule has 0 amide bonds. The maximum atomic E-state index is 12.5. The molecule has 0 spiro atoms. The van der Waals surface area contributed by atoms with Crippen LogP contribution in [0.25, 0.3) is 0 Å². The van der Waals surface area contributed by atoms with Crippen molar-refractivity contribution in [3.05, 3.63) is 41.5 Å². The summed E-state index contributed by atoms with van der Waals surface area (Å²) in [4.78, 5) is 4.16. The van der Waals surface area contributed by atoms with Crippen LogP contribution in [-0.4, -0.2) is 25.7 Å². The number of rotatable bonds is 7. The summed E-state index contributed by atoms with van der Waals surface area (Å²) in [5, 5.41) is 2.97. The molecule has 0 N–H and O–H groups in total. The summed E-state index contributed by atoms with van der Waals surface area (Å²) in [6.45, 7) is 3.57. The van der Waals surface area contributed by atoms with Crippen LogP contribution in [0.2, 0.25) is 0 Å². The molecule has 0 radical (unpaired) electrons. The number of hydrogen-bond donors (Lipinski definition) is 0. The molecule has 0 fully saturated rings. The van der Waals surface area contributed by atoms with E-state index in [1.165, 1.54) is 0 Å². The van der Waals surface area contributed by atoms with Gasteiger partial charge in [0, 0.05) is 6.42 Å². The van der Waals surface area contributed by atoms with Gasteiger partial charge in [0.2, 0.25) is 5.89 Å². The number of hydrogen-bond acceptors (Lipinski definition) is 6. The fraction of sp³-hybridized carbons (Fsp3) is 0.467. The summed E-state index contributed by atoms with van der Waals surface area (Å²) in [5.74, 6) is 1.22. The van der Waals surface area contributed by atoms with Gasteiger partial charge in [-0.15, -0.1) is 0 Å². The zero-order valence-corrected chi connectivity index (χ0v) is 13.8.